The number of H-pyrrole nitrogens is 1. The van der Waals surface area contributed by atoms with Crippen molar-refractivity contribution in [3.63, 3.8) is 0 Å². The van der Waals surface area contributed by atoms with Crippen LogP contribution in [0, 0.1) is 5.82 Å². The molecule has 4 rings (SSSR count). The molecule has 2 heterocycles. The largest absolute Gasteiger partial charge is 0.485 e. The van der Waals surface area contributed by atoms with Gasteiger partial charge in [0.15, 0.2) is 5.69 Å². The van der Waals surface area contributed by atoms with E-state index in [9.17, 15) is 14.0 Å². The van der Waals surface area contributed by atoms with Crippen LogP contribution in [0.1, 0.15) is 21.7 Å². The van der Waals surface area contributed by atoms with E-state index in [4.69, 9.17) is 4.74 Å². The Morgan fingerprint density at radius 2 is 1.96 bits per heavy atom. The number of carbonyl (C=O) groups is 2. The lowest BCUT2D eigenvalue weighted by molar-refractivity contribution is -0.110. The van der Waals surface area contributed by atoms with Gasteiger partial charge in [0.05, 0.1) is 5.69 Å². The van der Waals surface area contributed by atoms with Gasteiger partial charge in [0, 0.05) is 12.1 Å². The maximum atomic E-state index is 13.8. The zero-order valence-corrected chi connectivity index (χ0v) is 14.6. The highest BCUT2D eigenvalue weighted by molar-refractivity contribution is 6.45. The van der Waals surface area contributed by atoms with Crippen molar-refractivity contribution in [3.8, 4) is 5.75 Å². The number of nitrogens with one attached hydrogen (secondary N) is 2. The zero-order valence-electron chi connectivity index (χ0n) is 14.6. The summed E-state index contributed by atoms with van der Waals surface area (Å²) in [6.45, 7) is -0.138. The van der Waals surface area contributed by atoms with Crippen LogP contribution in [0.15, 0.2) is 59.6 Å². The number of fused-ring (bicyclic) bond motifs is 1. The number of anilines is 1. The van der Waals surface area contributed by atoms with E-state index in [1.807, 2.05) is 0 Å². The molecule has 2 N–H and O–H groups in total. The monoisotopic (exact) mass is 378 g/mol. The van der Waals surface area contributed by atoms with Crippen LogP contribution in [0.25, 0.3) is 0 Å². The average Bonchev–Trinajstić information content (AvgIpc) is 3.10. The van der Waals surface area contributed by atoms with Crippen LogP contribution >= 0.6 is 0 Å². The summed E-state index contributed by atoms with van der Waals surface area (Å²) in [5.74, 6) is -1.03. The Bertz CT molecular complexity index is 1090. The molecular formula is C20H15FN4O3. The van der Waals surface area contributed by atoms with Crippen molar-refractivity contribution >= 4 is 23.2 Å². The minimum absolute atomic E-state index is 0.0356. The Hall–Kier alpha value is -3.81. The number of aliphatic imine (C=N–C) groups is 1. The second kappa shape index (κ2) is 7.43. The van der Waals surface area contributed by atoms with Crippen LogP contribution in [0.2, 0.25) is 0 Å². The number of benzene rings is 2. The molecule has 1 aliphatic rings. The van der Waals surface area contributed by atoms with Gasteiger partial charge in [-0.05, 0) is 29.8 Å². The molecule has 0 radical (unpaired) electrons. The van der Waals surface area contributed by atoms with E-state index < -0.39 is 11.8 Å². The quantitative estimate of drug-likeness (QED) is 0.732. The highest BCUT2D eigenvalue weighted by Crippen LogP contribution is 2.25. The summed E-state index contributed by atoms with van der Waals surface area (Å²) in [6.07, 6.45) is 0.252. The van der Waals surface area contributed by atoms with Crippen molar-refractivity contribution < 1.29 is 18.7 Å². The van der Waals surface area contributed by atoms with Crippen LogP contribution in [0.5, 0.6) is 5.75 Å². The maximum absolute atomic E-state index is 13.8. The number of aromatic nitrogens is 2. The van der Waals surface area contributed by atoms with E-state index in [2.05, 4.69) is 20.5 Å². The maximum Gasteiger partial charge on any atom is 0.298 e. The summed E-state index contributed by atoms with van der Waals surface area (Å²) in [5.41, 5.74) is 1.53. The van der Waals surface area contributed by atoms with Crippen LogP contribution in [0.4, 0.5) is 10.1 Å². The van der Waals surface area contributed by atoms with Gasteiger partial charge in [-0.3, -0.25) is 14.7 Å². The van der Waals surface area contributed by atoms with Crippen molar-refractivity contribution in [2.75, 3.05) is 11.9 Å². The fourth-order valence-electron chi connectivity index (χ4n) is 2.77. The van der Waals surface area contributed by atoms with Crippen molar-refractivity contribution in [2.24, 2.45) is 4.99 Å². The van der Waals surface area contributed by atoms with Gasteiger partial charge in [-0.1, -0.05) is 30.3 Å². The van der Waals surface area contributed by atoms with Crippen molar-refractivity contribution in [1.29, 1.82) is 0 Å². The SMILES string of the molecule is O=C1Nc2ccccc2OC/C1=N\C(=O)c1cc(Cc2ccccc2F)[nH]n1. The third-order valence-corrected chi connectivity index (χ3v) is 4.19. The molecule has 2 aromatic carbocycles. The van der Waals surface area contributed by atoms with Gasteiger partial charge in [-0.15, -0.1) is 0 Å². The first-order chi connectivity index (χ1) is 13.6. The molecule has 0 spiro atoms. The third-order valence-electron chi connectivity index (χ3n) is 4.19. The van der Waals surface area contributed by atoms with Gasteiger partial charge >= 0.3 is 0 Å². The molecule has 1 aromatic heterocycles. The molecule has 0 bridgehead atoms. The highest BCUT2D eigenvalue weighted by atomic mass is 19.1. The van der Waals surface area contributed by atoms with Crippen LogP contribution in [-0.4, -0.2) is 34.3 Å². The number of halogens is 1. The van der Waals surface area contributed by atoms with E-state index in [-0.39, 0.29) is 30.3 Å². The fraction of sp³-hybridized carbons (Fsp3) is 0.100. The minimum Gasteiger partial charge on any atom is -0.485 e. The molecule has 140 valence electrons. The topological polar surface area (TPSA) is 96.4 Å². The number of amides is 2. The zero-order chi connectivity index (χ0) is 19.5. The minimum atomic E-state index is -0.685. The second-order valence-electron chi connectivity index (χ2n) is 6.15. The number of hydrogen-bond donors (Lipinski definition) is 2. The van der Waals surface area contributed by atoms with E-state index in [0.29, 0.717) is 22.7 Å². The summed E-state index contributed by atoms with van der Waals surface area (Å²) in [5, 5.41) is 9.27. The van der Waals surface area contributed by atoms with Crippen LogP contribution in [0.3, 0.4) is 0 Å². The average molecular weight is 378 g/mol. The summed E-state index contributed by atoms with van der Waals surface area (Å²) in [7, 11) is 0. The Labute approximate surface area is 159 Å². The van der Waals surface area contributed by atoms with Crippen molar-refractivity contribution in [3.05, 3.63) is 77.4 Å². The first kappa shape index (κ1) is 17.6. The first-order valence-electron chi connectivity index (χ1n) is 8.53. The smallest absolute Gasteiger partial charge is 0.298 e. The molecule has 0 saturated heterocycles. The van der Waals surface area contributed by atoms with Gasteiger partial charge in [0.25, 0.3) is 11.8 Å². The third kappa shape index (κ3) is 3.66. The van der Waals surface area contributed by atoms with Crippen LogP contribution < -0.4 is 10.1 Å². The summed E-state index contributed by atoms with van der Waals surface area (Å²) in [6, 6.07) is 14.8. The van der Waals surface area contributed by atoms with Crippen molar-refractivity contribution in [1.82, 2.24) is 10.2 Å². The number of carbonyl (C=O) groups excluding carboxylic acids is 2. The Morgan fingerprint density at radius 3 is 2.82 bits per heavy atom. The van der Waals surface area contributed by atoms with Gasteiger partial charge in [0.2, 0.25) is 0 Å². The highest BCUT2D eigenvalue weighted by Gasteiger charge is 2.22. The first-order valence-corrected chi connectivity index (χ1v) is 8.53. The lowest BCUT2D eigenvalue weighted by atomic mass is 10.1. The molecule has 0 fully saturated rings. The Morgan fingerprint density at radius 1 is 1.18 bits per heavy atom. The predicted octanol–water partition coefficient (Wildman–Crippen LogP) is 2.75. The fourth-order valence-corrected chi connectivity index (χ4v) is 2.77. The number of rotatable bonds is 3. The summed E-state index contributed by atoms with van der Waals surface area (Å²) >= 11 is 0. The molecule has 0 aliphatic carbocycles. The number of hydrogen-bond acceptors (Lipinski definition) is 4. The molecule has 0 saturated carbocycles. The van der Waals surface area contributed by atoms with Gasteiger partial charge in [-0.2, -0.15) is 5.10 Å². The molecule has 3 aromatic rings. The van der Waals surface area contributed by atoms with E-state index in [0.717, 1.165) is 0 Å². The van der Waals surface area contributed by atoms with E-state index >= 15 is 0 Å². The molecule has 2 amide bonds. The number of para-hydroxylation sites is 2. The molecule has 28 heavy (non-hydrogen) atoms. The molecule has 0 unspecified atom stereocenters. The van der Waals surface area contributed by atoms with Crippen LogP contribution in [-0.2, 0) is 11.2 Å². The molecule has 0 atom stereocenters. The Balaban J connectivity index is 1.50. The second-order valence-corrected chi connectivity index (χ2v) is 6.15. The number of aromatic amines is 1. The molecule has 7 nitrogen and oxygen atoms in total. The molecular weight excluding hydrogens is 363 g/mol. The number of ether oxygens (including phenoxy) is 1. The molecule has 8 heteroatoms. The summed E-state index contributed by atoms with van der Waals surface area (Å²) < 4.78 is 19.3. The lowest BCUT2D eigenvalue weighted by Crippen LogP contribution is -2.26. The predicted molar refractivity (Wildman–Crippen MR) is 100 cm³/mol. The summed E-state index contributed by atoms with van der Waals surface area (Å²) in [4.78, 5) is 28.5. The van der Waals surface area contributed by atoms with E-state index in [1.54, 1.807) is 42.5 Å². The van der Waals surface area contributed by atoms with Gasteiger partial charge < -0.3 is 10.1 Å². The van der Waals surface area contributed by atoms with Gasteiger partial charge in [-0.25, -0.2) is 9.38 Å². The lowest BCUT2D eigenvalue weighted by Gasteiger charge is -2.04. The standard InChI is InChI=1S/C20H15FN4O3/c21-14-6-2-1-5-12(14)9-13-10-16(25-24-13)19(26)23-17-11-28-18-8-4-3-7-15(18)22-20(17)27/h1-8,10H,9,11H2,(H,22,27)(H,24,25)/b23-17+. The normalized spacial score (nSPS) is 14.8. The Kier molecular flexibility index (Phi) is 4.67. The number of nitrogens with zero attached hydrogens (tertiary/aromatic N) is 2. The van der Waals surface area contributed by atoms with Gasteiger partial charge in [0.1, 0.15) is 23.9 Å². The van der Waals surface area contributed by atoms with E-state index in [1.165, 1.54) is 12.1 Å². The van der Waals surface area contributed by atoms with Crippen molar-refractivity contribution in [2.45, 2.75) is 6.42 Å². The molecule has 1 aliphatic heterocycles.